The van der Waals surface area contributed by atoms with Crippen molar-refractivity contribution in [1.29, 1.82) is 0 Å². The van der Waals surface area contributed by atoms with Crippen LogP contribution in [-0.4, -0.2) is 16.2 Å². The van der Waals surface area contributed by atoms with Gasteiger partial charge >= 0.3 is 0 Å². The summed E-state index contributed by atoms with van der Waals surface area (Å²) in [6, 6.07) is 68.2. The van der Waals surface area contributed by atoms with Gasteiger partial charge in [-0.05, 0) is 168 Å². The molecule has 1 aliphatic carbocycles. The fourth-order valence-corrected chi connectivity index (χ4v) is 14.7. The van der Waals surface area contributed by atoms with Crippen LogP contribution in [0.25, 0.3) is 61.0 Å². The van der Waals surface area contributed by atoms with Gasteiger partial charge in [0.2, 0.25) is 0 Å². The summed E-state index contributed by atoms with van der Waals surface area (Å²) in [5, 5.41) is 2.33. The highest BCUT2D eigenvalue weighted by Crippen LogP contribution is 2.69. The van der Waals surface area contributed by atoms with E-state index in [1.54, 1.807) is 0 Å². The Hall–Kier alpha value is -8.67. The summed E-state index contributed by atoms with van der Waals surface area (Å²) in [6.45, 7) is 36.4. The molecule has 1 spiro atoms. The smallest absolute Gasteiger partial charge is 0.137 e. The van der Waals surface area contributed by atoms with Crippen LogP contribution >= 0.6 is 0 Å². The molecule has 11 aromatic rings. The molecule has 0 N–H and O–H groups in total. The van der Waals surface area contributed by atoms with Crippen molar-refractivity contribution in [3.05, 3.63) is 249 Å². The van der Waals surface area contributed by atoms with Gasteiger partial charge in [0.05, 0.1) is 39.2 Å². The highest BCUT2D eigenvalue weighted by Gasteiger charge is 2.57. The Labute approximate surface area is 503 Å². The number of fused-ring (bicyclic) bond motifs is 12. The van der Waals surface area contributed by atoms with E-state index in [4.69, 9.17) is 9.72 Å². The lowest BCUT2D eigenvalue weighted by molar-refractivity contribution is 0.482. The van der Waals surface area contributed by atoms with Crippen LogP contribution in [0.5, 0.6) is 11.5 Å². The molecule has 0 atom stereocenters. The van der Waals surface area contributed by atoms with E-state index >= 15 is 0 Å². The molecule has 0 fully saturated rings. The fourth-order valence-electron chi connectivity index (χ4n) is 14.7. The van der Waals surface area contributed by atoms with E-state index in [2.05, 4.69) is 294 Å². The Morgan fingerprint density at radius 3 is 1.52 bits per heavy atom. The fraction of sp³-hybridized carbons (Fsp3) is 0.263. The number of hydrogen-bond donors (Lipinski definition) is 0. The average Bonchev–Trinajstić information content (AvgIpc) is 1.53. The predicted octanol–water partition coefficient (Wildman–Crippen LogP) is 21.3. The molecule has 9 aromatic carbocycles. The van der Waals surface area contributed by atoms with Crippen LogP contribution in [0.1, 0.15) is 144 Å². The third-order valence-electron chi connectivity index (χ3n) is 19.1. The molecular weight excluding hydrogens is 1030 g/mol. The number of benzene rings is 9. The van der Waals surface area contributed by atoms with Crippen LogP contribution in [0, 0.1) is 20.8 Å². The van der Waals surface area contributed by atoms with Gasteiger partial charge in [-0.1, -0.05) is 210 Å². The molecule has 2 aromatic heterocycles. The van der Waals surface area contributed by atoms with Gasteiger partial charge in [0.25, 0.3) is 0 Å². The molecule has 0 bridgehead atoms. The lowest BCUT2D eigenvalue weighted by Gasteiger charge is -2.46. The van der Waals surface area contributed by atoms with E-state index in [1.807, 2.05) is 12.3 Å². The second kappa shape index (κ2) is 18.9. The Bertz CT molecular complexity index is 4390. The lowest BCUT2D eigenvalue weighted by atomic mass is 9.59. The monoisotopic (exact) mass is 1110 g/mol. The van der Waals surface area contributed by atoms with Crippen molar-refractivity contribution in [2.45, 2.75) is 131 Å². The van der Waals surface area contributed by atoms with Crippen molar-refractivity contribution in [3.8, 4) is 50.7 Å². The number of anilines is 4. The van der Waals surface area contributed by atoms with E-state index in [0.29, 0.717) is 6.67 Å². The molecule has 5 heteroatoms. The molecule has 0 saturated heterocycles. The first-order chi connectivity index (χ1) is 40.5. The molecule has 4 heterocycles. The predicted molar refractivity (Wildman–Crippen MR) is 358 cm³/mol. The normalized spacial score (nSPS) is 14.3. The van der Waals surface area contributed by atoms with Gasteiger partial charge in [-0.3, -0.25) is 4.57 Å². The highest BCUT2D eigenvalue weighted by molar-refractivity contribution is 6.10. The minimum absolute atomic E-state index is 0.104. The van der Waals surface area contributed by atoms with Crippen LogP contribution < -0.4 is 14.5 Å². The van der Waals surface area contributed by atoms with Gasteiger partial charge in [0.15, 0.2) is 0 Å². The van der Waals surface area contributed by atoms with Crippen molar-refractivity contribution >= 4 is 44.6 Å². The van der Waals surface area contributed by atoms with Crippen molar-refractivity contribution < 1.29 is 4.74 Å². The molecule has 424 valence electrons. The van der Waals surface area contributed by atoms with Gasteiger partial charge in [-0.25, -0.2) is 4.98 Å². The number of hydrogen-bond acceptors (Lipinski definition) is 4. The van der Waals surface area contributed by atoms with Gasteiger partial charge in [-0.15, -0.1) is 0 Å². The zero-order valence-corrected chi connectivity index (χ0v) is 52.3. The summed E-state index contributed by atoms with van der Waals surface area (Å²) in [5.74, 6) is 2.41. The summed E-state index contributed by atoms with van der Waals surface area (Å²) >= 11 is 0. The van der Waals surface area contributed by atoms with Crippen molar-refractivity contribution in [3.63, 3.8) is 0 Å². The van der Waals surface area contributed by atoms with Crippen LogP contribution in [0.15, 0.2) is 188 Å². The number of para-hydroxylation sites is 2. The Morgan fingerprint density at radius 1 is 0.424 bits per heavy atom. The molecule has 0 radical (unpaired) electrons. The second-order valence-corrected chi connectivity index (χ2v) is 28.5. The third-order valence-corrected chi connectivity index (χ3v) is 19.1. The molecule has 14 rings (SSSR count). The number of pyridine rings is 1. The number of rotatable bonds is 6. The van der Waals surface area contributed by atoms with Gasteiger partial charge in [0.1, 0.15) is 24.0 Å². The van der Waals surface area contributed by atoms with E-state index < -0.39 is 5.41 Å². The third kappa shape index (κ3) is 8.19. The maximum Gasteiger partial charge on any atom is 0.137 e. The van der Waals surface area contributed by atoms with Crippen LogP contribution in [0.2, 0.25) is 0 Å². The zero-order chi connectivity index (χ0) is 59.4. The summed E-state index contributed by atoms with van der Waals surface area (Å²) in [5.41, 5.74) is 27.9. The molecule has 0 unspecified atom stereocenters. The molecular formula is C80H78N4O. The Morgan fingerprint density at radius 2 is 0.953 bits per heavy atom. The van der Waals surface area contributed by atoms with Gasteiger partial charge in [-0.2, -0.15) is 0 Å². The van der Waals surface area contributed by atoms with E-state index in [-0.39, 0.29) is 21.7 Å². The first-order valence-electron chi connectivity index (χ1n) is 30.6. The highest BCUT2D eigenvalue weighted by atomic mass is 16.5. The number of aromatic nitrogens is 2. The molecule has 0 amide bonds. The van der Waals surface area contributed by atoms with E-state index in [0.717, 1.165) is 39.4 Å². The molecule has 85 heavy (non-hydrogen) atoms. The van der Waals surface area contributed by atoms with Crippen molar-refractivity contribution in [2.75, 3.05) is 16.5 Å². The Kier molecular flexibility index (Phi) is 12.1. The van der Waals surface area contributed by atoms with Crippen LogP contribution in [0.3, 0.4) is 0 Å². The summed E-state index contributed by atoms with van der Waals surface area (Å²) in [4.78, 5) is 10.2. The minimum Gasteiger partial charge on any atom is -0.457 e. The molecule has 0 saturated carbocycles. The first-order valence-corrected chi connectivity index (χ1v) is 30.6. The number of nitrogens with zero attached hydrogens (tertiary/aromatic N) is 4. The minimum atomic E-state index is -0.749. The van der Waals surface area contributed by atoms with Crippen molar-refractivity contribution in [1.82, 2.24) is 9.55 Å². The maximum absolute atomic E-state index is 7.33. The van der Waals surface area contributed by atoms with Crippen molar-refractivity contribution in [2.24, 2.45) is 0 Å². The standard InChI is InChI=1S/C80H78N4O/c1-48-49(2)70(51-27-18-16-19-28-51)75(71(50(48)3)52-29-20-17-21-30-52)82-47-83-68-46-56(85-55-36-38-58-57-31-22-23-33-65(57)84(67(58)45-55)69-35-24-25-40-81-69)37-39-61(68)80(62-32-26-34-66(82)74(62)83)72-59(41-53(76(4,5)6)43-63(72)78(10,11)12)60-42-54(77(7,8)9)44-64(73(60)80)79(13,14)15/h16-46H,47H2,1-15H3. The SMILES string of the molecule is Cc1c(C)c(-c2ccccc2)c(N2CN3c4cc(Oc5ccc6c7ccccc7n(-c7ccccn7)c6c5)ccc4C4(c5cccc2c53)c2c(cc(C(C)(C)C)cc2C(C)(C)C)-c2cc(C(C)(C)C)cc(C(C)(C)C)c24)c(-c2ccccc2)c1C. The maximum atomic E-state index is 7.33. The molecule has 5 nitrogen and oxygen atoms in total. The first kappa shape index (κ1) is 54.3. The van der Waals surface area contributed by atoms with Gasteiger partial charge < -0.3 is 14.5 Å². The lowest BCUT2D eigenvalue weighted by Crippen LogP contribution is -2.40. The topological polar surface area (TPSA) is 33.5 Å². The molecule has 2 aliphatic heterocycles. The largest absolute Gasteiger partial charge is 0.457 e. The summed E-state index contributed by atoms with van der Waals surface area (Å²) in [6.07, 6.45) is 1.87. The number of ether oxygens (including phenoxy) is 1. The molecule has 3 aliphatic rings. The van der Waals surface area contributed by atoms with Gasteiger partial charge in [0, 0.05) is 40.2 Å². The van der Waals surface area contributed by atoms with Crippen LogP contribution in [-0.2, 0) is 27.1 Å². The van der Waals surface area contributed by atoms with E-state index in [9.17, 15) is 0 Å². The summed E-state index contributed by atoms with van der Waals surface area (Å²) < 4.78 is 9.59. The average molecular weight is 1110 g/mol. The quantitative estimate of drug-likeness (QED) is 0.166. The summed E-state index contributed by atoms with van der Waals surface area (Å²) in [7, 11) is 0. The second-order valence-electron chi connectivity index (χ2n) is 28.5. The van der Waals surface area contributed by atoms with E-state index in [1.165, 1.54) is 117 Å². The zero-order valence-electron chi connectivity index (χ0n) is 52.3. The van der Waals surface area contributed by atoms with Crippen LogP contribution in [0.4, 0.5) is 22.7 Å². The Balaban J connectivity index is 1.11.